The highest BCUT2D eigenvalue weighted by Gasteiger charge is 2.19. The second kappa shape index (κ2) is 62.9. The minimum Gasteiger partial charge on any atom is -0.462 e. The van der Waals surface area contributed by atoms with Crippen LogP contribution in [0.2, 0.25) is 0 Å². The predicted octanol–water partition coefficient (Wildman–Crippen LogP) is 21.7. The lowest BCUT2D eigenvalue weighted by molar-refractivity contribution is -0.167. The summed E-state index contributed by atoms with van der Waals surface area (Å²) in [5.74, 6) is -0.950. The normalized spacial score (nSPS) is 12.7. The largest absolute Gasteiger partial charge is 0.462 e. The number of rotatable bonds is 57. The van der Waals surface area contributed by atoms with Crippen LogP contribution >= 0.6 is 0 Å². The zero-order valence-electron chi connectivity index (χ0n) is 49.3. The van der Waals surface area contributed by atoms with Crippen LogP contribution in [-0.4, -0.2) is 37.2 Å². The molecule has 6 nitrogen and oxygen atoms in total. The van der Waals surface area contributed by atoms with Crippen molar-refractivity contribution in [2.45, 2.75) is 309 Å². The molecule has 0 spiro atoms. The Kier molecular flexibility index (Phi) is 59.8. The minimum absolute atomic E-state index is 0.0982. The third-order valence-electron chi connectivity index (χ3n) is 13.6. The van der Waals surface area contributed by atoms with Crippen molar-refractivity contribution in [2.75, 3.05) is 13.2 Å². The number of ether oxygens (including phenoxy) is 3. The smallest absolute Gasteiger partial charge is 0.306 e. The second-order valence-electron chi connectivity index (χ2n) is 20.9. The Labute approximate surface area is 464 Å². The maximum atomic E-state index is 12.9. The Morgan fingerprint density at radius 2 is 0.533 bits per heavy atom. The summed E-state index contributed by atoms with van der Waals surface area (Å²) >= 11 is 0. The van der Waals surface area contributed by atoms with Crippen molar-refractivity contribution in [3.63, 3.8) is 0 Å². The molecule has 0 aliphatic carbocycles. The van der Waals surface area contributed by atoms with Gasteiger partial charge in [0.25, 0.3) is 0 Å². The molecule has 0 bridgehead atoms. The molecule has 1 atom stereocenters. The summed E-state index contributed by atoms with van der Waals surface area (Å²) < 4.78 is 16.9. The summed E-state index contributed by atoms with van der Waals surface area (Å²) in [4.78, 5) is 38.2. The molecular weight excluding hydrogens is 925 g/mol. The molecule has 1 unspecified atom stereocenters. The lowest BCUT2D eigenvalue weighted by Crippen LogP contribution is -2.30. The Bertz CT molecular complexity index is 1480. The van der Waals surface area contributed by atoms with Crippen LogP contribution in [0.25, 0.3) is 0 Å². The Morgan fingerprint density at radius 3 is 0.853 bits per heavy atom. The van der Waals surface area contributed by atoms with Crippen LogP contribution < -0.4 is 0 Å². The number of esters is 3. The van der Waals surface area contributed by atoms with E-state index in [0.29, 0.717) is 19.3 Å². The van der Waals surface area contributed by atoms with Gasteiger partial charge in [-0.05, 0) is 96.3 Å². The SMILES string of the molecule is CC/C=C\C/C=C\C/C=C\C/C=C\C/C=C\CCCC(=O)OC(COC(=O)CCCCCCCCCCCCCCC)COC(=O)CCCCCCCCCCCCCC/C=C\C/C=C\C/C=C\CCCCCCC. The molecule has 0 saturated heterocycles. The molecule has 75 heavy (non-hydrogen) atoms. The van der Waals surface area contributed by atoms with Crippen molar-refractivity contribution in [3.8, 4) is 0 Å². The van der Waals surface area contributed by atoms with Crippen LogP contribution in [0.15, 0.2) is 97.2 Å². The quantitative estimate of drug-likeness (QED) is 0.0261. The fourth-order valence-corrected chi connectivity index (χ4v) is 8.84. The van der Waals surface area contributed by atoms with Crippen LogP contribution in [0.4, 0.5) is 0 Å². The molecule has 0 aliphatic rings. The lowest BCUT2D eigenvalue weighted by Gasteiger charge is -2.18. The maximum absolute atomic E-state index is 12.9. The third-order valence-corrected chi connectivity index (χ3v) is 13.6. The van der Waals surface area contributed by atoms with Crippen LogP contribution in [0.5, 0.6) is 0 Å². The van der Waals surface area contributed by atoms with Gasteiger partial charge < -0.3 is 14.2 Å². The van der Waals surface area contributed by atoms with E-state index in [1.54, 1.807) is 0 Å². The van der Waals surface area contributed by atoms with Crippen LogP contribution in [-0.2, 0) is 28.6 Å². The van der Waals surface area contributed by atoms with Gasteiger partial charge in [0.2, 0.25) is 0 Å². The molecule has 0 aromatic heterocycles. The van der Waals surface area contributed by atoms with E-state index >= 15 is 0 Å². The monoisotopic (exact) mass is 1040 g/mol. The fourth-order valence-electron chi connectivity index (χ4n) is 8.84. The molecule has 430 valence electrons. The van der Waals surface area contributed by atoms with E-state index in [1.807, 2.05) is 0 Å². The molecule has 0 heterocycles. The summed E-state index contributed by atoms with van der Waals surface area (Å²) in [6.07, 6.45) is 84.2. The highest BCUT2D eigenvalue weighted by molar-refractivity contribution is 5.71. The van der Waals surface area contributed by atoms with E-state index in [9.17, 15) is 14.4 Å². The fraction of sp³-hybridized carbons (Fsp3) is 0.725. The highest BCUT2D eigenvalue weighted by Crippen LogP contribution is 2.16. The van der Waals surface area contributed by atoms with Gasteiger partial charge in [-0.3, -0.25) is 14.4 Å². The second-order valence-corrected chi connectivity index (χ2v) is 20.9. The van der Waals surface area contributed by atoms with Crippen molar-refractivity contribution < 1.29 is 28.6 Å². The Balaban J connectivity index is 4.34. The van der Waals surface area contributed by atoms with E-state index in [4.69, 9.17) is 14.2 Å². The molecular formula is C69H118O6. The van der Waals surface area contributed by atoms with Gasteiger partial charge in [-0.15, -0.1) is 0 Å². The first-order valence-electron chi connectivity index (χ1n) is 31.7. The van der Waals surface area contributed by atoms with Crippen molar-refractivity contribution in [1.82, 2.24) is 0 Å². The molecule has 0 aromatic carbocycles. The number of hydrogen-bond donors (Lipinski definition) is 0. The van der Waals surface area contributed by atoms with Gasteiger partial charge >= 0.3 is 17.9 Å². The molecule has 0 amide bonds. The zero-order chi connectivity index (χ0) is 54.3. The Morgan fingerprint density at radius 1 is 0.280 bits per heavy atom. The number of hydrogen-bond acceptors (Lipinski definition) is 6. The van der Waals surface area contributed by atoms with Gasteiger partial charge in [-0.25, -0.2) is 0 Å². The molecule has 0 radical (unpaired) electrons. The van der Waals surface area contributed by atoms with Gasteiger partial charge in [-0.2, -0.15) is 0 Å². The first-order valence-corrected chi connectivity index (χ1v) is 31.7. The van der Waals surface area contributed by atoms with Gasteiger partial charge in [-0.1, -0.05) is 285 Å². The average molecular weight is 1040 g/mol. The van der Waals surface area contributed by atoms with E-state index < -0.39 is 6.10 Å². The molecule has 0 aliphatic heterocycles. The van der Waals surface area contributed by atoms with Gasteiger partial charge in [0, 0.05) is 19.3 Å². The summed E-state index contributed by atoms with van der Waals surface area (Å²) in [5.41, 5.74) is 0. The van der Waals surface area contributed by atoms with Crippen molar-refractivity contribution in [2.24, 2.45) is 0 Å². The molecule has 0 rings (SSSR count). The van der Waals surface area contributed by atoms with Crippen molar-refractivity contribution >= 4 is 17.9 Å². The third kappa shape index (κ3) is 61.1. The van der Waals surface area contributed by atoms with Gasteiger partial charge in [0.15, 0.2) is 6.10 Å². The zero-order valence-corrected chi connectivity index (χ0v) is 49.3. The van der Waals surface area contributed by atoms with E-state index in [1.165, 1.54) is 167 Å². The first kappa shape index (κ1) is 71.3. The minimum atomic E-state index is -0.808. The molecule has 0 saturated carbocycles. The molecule has 0 N–H and O–H groups in total. The summed E-state index contributed by atoms with van der Waals surface area (Å²) in [7, 11) is 0. The van der Waals surface area contributed by atoms with Crippen LogP contribution in [0, 0.1) is 0 Å². The van der Waals surface area contributed by atoms with E-state index in [-0.39, 0.29) is 37.5 Å². The van der Waals surface area contributed by atoms with E-state index in [2.05, 4.69) is 118 Å². The van der Waals surface area contributed by atoms with E-state index in [0.717, 1.165) is 89.9 Å². The number of carbonyl (C=O) groups excluding carboxylic acids is 3. The van der Waals surface area contributed by atoms with Gasteiger partial charge in [0.1, 0.15) is 13.2 Å². The van der Waals surface area contributed by atoms with Crippen LogP contribution in [0.1, 0.15) is 303 Å². The first-order chi connectivity index (χ1) is 37.0. The molecule has 6 heteroatoms. The van der Waals surface area contributed by atoms with Crippen molar-refractivity contribution in [1.29, 1.82) is 0 Å². The highest BCUT2D eigenvalue weighted by atomic mass is 16.6. The predicted molar refractivity (Wildman–Crippen MR) is 325 cm³/mol. The molecule has 0 fully saturated rings. The van der Waals surface area contributed by atoms with Gasteiger partial charge in [0.05, 0.1) is 0 Å². The lowest BCUT2D eigenvalue weighted by atomic mass is 10.0. The number of allylic oxidation sites excluding steroid dienone is 16. The maximum Gasteiger partial charge on any atom is 0.306 e. The van der Waals surface area contributed by atoms with Crippen LogP contribution in [0.3, 0.4) is 0 Å². The Hall–Kier alpha value is -3.67. The summed E-state index contributed by atoms with van der Waals surface area (Å²) in [6.45, 7) is 6.49. The average Bonchev–Trinajstić information content (AvgIpc) is 3.41. The summed E-state index contributed by atoms with van der Waals surface area (Å²) in [6, 6.07) is 0. The standard InChI is InChI=1S/C69H118O6/c1-4-7-10-13-16-19-22-25-27-29-30-31-32-33-34-35-36-37-38-40-41-44-47-50-53-56-59-62-68(71)74-65-66(64-73-67(70)61-58-55-52-49-46-43-24-21-18-15-12-9-6-3)75-69(72)63-60-57-54-51-48-45-42-39-28-26-23-20-17-14-11-8-5-2/h8,11,17,20,22,25-26,28-30,32-33,42,45,51,54,66H,4-7,9-10,12-16,18-19,21,23-24,27,31,34-41,43-44,46-50,52-53,55-65H2,1-3H3/b11-8-,20-17-,25-22-,28-26-,30-29-,33-32-,45-42-,54-51-. The number of carbonyl (C=O) groups is 3. The topological polar surface area (TPSA) is 78.9 Å². The van der Waals surface area contributed by atoms with Crippen molar-refractivity contribution in [3.05, 3.63) is 97.2 Å². The summed E-state index contributed by atoms with van der Waals surface area (Å²) in [5, 5.41) is 0. The molecule has 0 aromatic rings. The number of unbranched alkanes of at least 4 members (excludes halogenated alkanes) is 30.